The van der Waals surface area contributed by atoms with Crippen molar-refractivity contribution in [1.82, 2.24) is 9.47 Å². The highest BCUT2D eigenvalue weighted by molar-refractivity contribution is 7.98. The predicted molar refractivity (Wildman–Crippen MR) is 75.6 cm³/mol. The first kappa shape index (κ1) is 14.1. The van der Waals surface area contributed by atoms with Gasteiger partial charge in [-0.15, -0.1) is 0 Å². The summed E-state index contributed by atoms with van der Waals surface area (Å²) in [5.41, 5.74) is 6.31. The first-order chi connectivity index (χ1) is 8.13. The van der Waals surface area contributed by atoms with Gasteiger partial charge in [0.05, 0.1) is 0 Å². The molecule has 0 radical (unpaired) electrons. The van der Waals surface area contributed by atoms with Crippen LogP contribution >= 0.6 is 11.8 Å². The first-order valence-electron chi connectivity index (χ1n) is 5.77. The van der Waals surface area contributed by atoms with Crippen molar-refractivity contribution in [3.63, 3.8) is 0 Å². The van der Waals surface area contributed by atoms with Crippen molar-refractivity contribution in [1.29, 1.82) is 0 Å². The molecule has 0 atom stereocenters. The third kappa shape index (κ3) is 5.28. The highest BCUT2D eigenvalue weighted by Gasteiger charge is 2.00. The summed E-state index contributed by atoms with van der Waals surface area (Å²) in [4.78, 5) is 13.8. The van der Waals surface area contributed by atoms with Crippen LogP contribution in [-0.2, 0) is 6.54 Å². The van der Waals surface area contributed by atoms with E-state index in [-0.39, 0.29) is 5.56 Å². The van der Waals surface area contributed by atoms with Gasteiger partial charge in [0.2, 0.25) is 0 Å². The zero-order valence-corrected chi connectivity index (χ0v) is 11.4. The van der Waals surface area contributed by atoms with E-state index in [9.17, 15) is 4.79 Å². The summed E-state index contributed by atoms with van der Waals surface area (Å²) in [7, 11) is 2.11. The summed E-state index contributed by atoms with van der Waals surface area (Å²) in [6, 6.07) is 3.16. The fourth-order valence-corrected chi connectivity index (χ4v) is 2.09. The molecule has 0 aliphatic heterocycles. The van der Waals surface area contributed by atoms with Crippen molar-refractivity contribution in [3.05, 3.63) is 28.7 Å². The number of aryl methyl sites for hydroxylation is 1. The normalized spacial score (nSPS) is 11.0. The van der Waals surface area contributed by atoms with Crippen LogP contribution in [0, 0.1) is 0 Å². The molecular formula is C12H21N3OS. The summed E-state index contributed by atoms with van der Waals surface area (Å²) in [6.45, 7) is 2.82. The third-order valence-electron chi connectivity index (χ3n) is 2.62. The van der Waals surface area contributed by atoms with Crippen LogP contribution in [0.4, 0.5) is 5.69 Å². The summed E-state index contributed by atoms with van der Waals surface area (Å²) in [5, 5.41) is 0. The Hall–Kier alpha value is -0.940. The number of aromatic nitrogens is 1. The van der Waals surface area contributed by atoms with E-state index in [0.29, 0.717) is 5.69 Å². The summed E-state index contributed by atoms with van der Waals surface area (Å²) < 4.78 is 1.68. The summed E-state index contributed by atoms with van der Waals surface area (Å²) in [6.07, 6.45) is 4.79. The Kier molecular flexibility index (Phi) is 6.15. The molecule has 1 heterocycles. The highest BCUT2D eigenvalue weighted by atomic mass is 32.2. The maximum absolute atomic E-state index is 11.5. The minimum Gasteiger partial charge on any atom is -0.398 e. The van der Waals surface area contributed by atoms with E-state index in [1.807, 2.05) is 11.8 Å². The molecule has 2 N–H and O–H groups in total. The second-order valence-electron chi connectivity index (χ2n) is 4.14. The van der Waals surface area contributed by atoms with Gasteiger partial charge in [0.25, 0.3) is 5.56 Å². The van der Waals surface area contributed by atoms with Crippen LogP contribution in [-0.4, -0.2) is 41.6 Å². The molecule has 96 valence electrons. The molecule has 0 fully saturated rings. The molecule has 0 amide bonds. The summed E-state index contributed by atoms with van der Waals surface area (Å²) >= 11 is 1.85. The smallest absolute Gasteiger partial charge is 0.250 e. The lowest BCUT2D eigenvalue weighted by atomic mass is 10.3. The molecule has 1 aromatic heterocycles. The van der Waals surface area contributed by atoms with E-state index in [2.05, 4.69) is 18.2 Å². The first-order valence-corrected chi connectivity index (χ1v) is 7.16. The Balaban J connectivity index is 2.35. The molecule has 0 spiro atoms. The predicted octanol–water partition coefficient (Wildman–Crippen LogP) is 1.12. The lowest BCUT2D eigenvalue weighted by Crippen LogP contribution is -2.25. The average molecular weight is 255 g/mol. The Labute approximate surface area is 107 Å². The largest absolute Gasteiger partial charge is 0.398 e. The zero-order chi connectivity index (χ0) is 12.7. The molecule has 5 heteroatoms. The van der Waals surface area contributed by atoms with Gasteiger partial charge < -0.3 is 15.2 Å². The topological polar surface area (TPSA) is 51.3 Å². The standard InChI is InChI=1S/C12H21N3OS/c1-14(8-9-17-2)6-3-7-15-10-11(13)4-5-12(15)16/h4-5,10H,3,6-9,13H2,1-2H3. The Morgan fingerprint density at radius 3 is 2.88 bits per heavy atom. The minimum atomic E-state index is 0.0194. The number of hydrogen-bond donors (Lipinski definition) is 1. The van der Waals surface area contributed by atoms with E-state index in [0.717, 1.165) is 31.8 Å². The quantitative estimate of drug-likeness (QED) is 0.793. The number of nitrogen functional groups attached to an aromatic ring is 1. The minimum absolute atomic E-state index is 0.0194. The lowest BCUT2D eigenvalue weighted by Gasteiger charge is -2.16. The molecule has 0 unspecified atom stereocenters. The van der Waals surface area contributed by atoms with Crippen LogP contribution < -0.4 is 11.3 Å². The SMILES string of the molecule is CSCCN(C)CCCn1cc(N)ccc1=O. The Morgan fingerprint density at radius 1 is 1.41 bits per heavy atom. The van der Waals surface area contributed by atoms with Gasteiger partial charge >= 0.3 is 0 Å². The zero-order valence-electron chi connectivity index (χ0n) is 10.6. The molecule has 0 aromatic carbocycles. The number of hydrogen-bond acceptors (Lipinski definition) is 4. The van der Waals surface area contributed by atoms with E-state index in [1.165, 1.54) is 6.07 Å². The number of rotatable bonds is 7. The molecule has 0 saturated carbocycles. The van der Waals surface area contributed by atoms with Gasteiger partial charge in [0, 0.05) is 36.8 Å². The van der Waals surface area contributed by atoms with Gasteiger partial charge in [-0.05, 0) is 32.3 Å². The fraction of sp³-hybridized carbons (Fsp3) is 0.583. The van der Waals surface area contributed by atoms with Crippen LogP contribution in [0.25, 0.3) is 0 Å². The van der Waals surface area contributed by atoms with E-state index in [1.54, 1.807) is 16.8 Å². The molecule has 0 saturated heterocycles. The monoisotopic (exact) mass is 255 g/mol. The Bertz CT molecular complexity index is 392. The van der Waals surface area contributed by atoms with Crippen molar-refractivity contribution in [2.24, 2.45) is 0 Å². The van der Waals surface area contributed by atoms with Crippen molar-refractivity contribution in [2.45, 2.75) is 13.0 Å². The molecule has 4 nitrogen and oxygen atoms in total. The molecule has 0 aliphatic rings. The van der Waals surface area contributed by atoms with Crippen LogP contribution in [0.2, 0.25) is 0 Å². The van der Waals surface area contributed by atoms with Gasteiger partial charge in [-0.25, -0.2) is 0 Å². The van der Waals surface area contributed by atoms with Crippen LogP contribution in [0.15, 0.2) is 23.1 Å². The maximum atomic E-state index is 11.5. The van der Waals surface area contributed by atoms with E-state index in [4.69, 9.17) is 5.73 Å². The van der Waals surface area contributed by atoms with E-state index >= 15 is 0 Å². The van der Waals surface area contributed by atoms with Gasteiger partial charge in [-0.2, -0.15) is 11.8 Å². The van der Waals surface area contributed by atoms with Crippen molar-refractivity contribution >= 4 is 17.4 Å². The Morgan fingerprint density at radius 2 is 2.18 bits per heavy atom. The number of anilines is 1. The highest BCUT2D eigenvalue weighted by Crippen LogP contribution is 1.99. The molecule has 0 aliphatic carbocycles. The number of thioether (sulfide) groups is 1. The van der Waals surface area contributed by atoms with Gasteiger partial charge in [-0.1, -0.05) is 0 Å². The molecule has 0 bridgehead atoms. The second-order valence-corrected chi connectivity index (χ2v) is 5.13. The van der Waals surface area contributed by atoms with Gasteiger partial charge in [0.1, 0.15) is 0 Å². The maximum Gasteiger partial charge on any atom is 0.250 e. The van der Waals surface area contributed by atoms with Crippen molar-refractivity contribution in [3.8, 4) is 0 Å². The number of nitrogens with two attached hydrogens (primary N) is 1. The molecule has 17 heavy (non-hydrogen) atoms. The number of pyridine rings is 1. The molecular weight excluding hydrogens is 234 g/mol. The van der Waals surface area contributed by atoms with Crippen molar-refractivity contribution in [2.75, 3.05) is 37.9 Å². The summed E-state index contributed by atoms with van der Waals surface area (Å²) in [5.74, 6) is 1.15. The lowest BCUT2D eigenvalue weighted by molar-refractivity contribution is 0.340. The van der Waals surface area contributed by atoms with Crippen LogP contribution in [0.3, 0.4) is 0 Å². The molecule has 1 aromatic rings. The number of nitrogens with zero attached hydrogens (tertiary/aromatic N) is 2. The molecule has 1 rings (SSSR count). The van der Waals surface area contributed by atoms with Crippen LogP contribution in [0.5, 0.6) is 0 Å². The fourth-order valence-electron chi connectivity index (χ4n) is 1.59. The second kappa shape index (κ2) is 7.40. The average Bonchev–Trinajstić information content (AvgIpc) is 2.31. The van der Waals surface area contributed by atoms with Crippen LogP contribution in [0.1, 0.15) is 6.42 Å². The van der Waals surface area contributed by atoms with E-state index < -0.39 is 0 Å². The van der Waals surface area contributed by atoms with Gasteiger partial charge in [-0.3, -0.25) is 4.79 Å². The van der Waals surface area contributed by atoms with Gasteiger partial charge in [0.15, 0.2) is 0 Å². The van der Waals surface area contributed by atoms with Crippen molar-refractivity contribution < 1.29 is 0 Å². The third-order valence-corrected chi connectivity index (χ3v) is 3.21.